The number of halogens is 1. The van der Waals surface area contributed by atoms with Crippen molar-refractivity contribution >= 4 is 29.2 Å². The Bertz CT molecular complexity index is 1100. The summed E-state index contributed by atoms with van der Waals surface area (Å²) in [7, 11) is 0. The molecule has 0 N–H and O–H groups in total. The van der Waals surface area contributed by atoms with Gasteiger partial charge in [-0.15, -0.1) is 0 Å². The van der Waals surface area contributed by atoms with Gasteiger partial charge >= 0.3 is 0 Å². The molecule has 1 aromatic rings. The van der Waals surface area contributed by atoms with E-state index in [2.05, 4.69) is 51.7 Å². The number of hydrogen-bond donors (Lipinski definition) is 0. The van der Waals surface area contributed by atoms with Gasteiger partial charge in [-0.2, -0.15) is 0 Å². The van der Waals surface area contributed by atoms with Crippen LogP contribution in [0.25, 0.3) is 0 Å². The van der Waals surface area contributed by atoms with Crippen LogP contribution >= 0.6 is 11.6 Å². The van der Waals surface area contributed by atoms with Crippen LogP contribution in [0.5, 0.6) is 0 Å². The molecule has 1 aliphatic carbocycles. The van der Waals surface area contributed by atoms with Crippen LogP contribution in [0.4, 0.5) is 0 Å². The van der Waals surface area contributed by atoms with Crippen LogP contribution in [0.15, 0.2) is 24.3 Å². The molecule has 0 spiro atoms. The Balaban J connectivity index is 1.56. The molecule has 2 heterocycles. The topological polar surface area (TPSA) is 60.9 Å². The van der Waals surface area contributed by atoms with Gasteiger partial charge in [-0.3, -0.25) is 19.3 Å². The second-order valence-electron chi connectivity index (χ2n) is 14.9. The number of nitrogens with zero attached hydrogens (tertiary/aromatic N) is 3. The first-order chi connectivity index (χ1) is 18.5. The number of benzene rings is 1. The van der Waals surface area contributed by atoms with Crippen LogP contribution in [0, 0.1) is 16.7 Å². The number of amides is 2. The molecule has 0 aromatic heterocycles. The Kier molecular flexibility index (Phi) is 8.84. The summed E-state index contributed by atoms with van der Waals surface area (Å²) in [6, 6.07) is 7.99. The standard InChI is InChI=1S/C33H50ClN3O3/c1-22(38)33(7,8)30(40)37(25-13-16-32(5,6)17-14-25)26-15-18-35(19-26)29(39)28-21-36(31(2,3)4)20-27(28)23-9-11-24(34)12-10-23/h9-12,25-28H,13-21H2,1-8H3/t26?,27-,28+/m0/s1. The molecule has 2 amide bonds. The summed E-state index contributed by atoms with van der Waals surface area (Å²) < 4.78 is 0. The number of hydrogen-bond acceptors (Lipinski definition) is 4. The van der Waals surface area contributed by atoms with E-state index in [-0.39, 0.29) is 52.5 Å². The molecule has 7 heteroatoms. The molecular weight excluding hydrogens is 522 g/mol. The minimum Gasteiger partial charge on any atom is -0.340 e. The predicted molar refractivity (Wildman–Crippen MR) is 161 cm³/mol. The Morgan fingerprint density at radius 2 is 1.50 bits per heavy atom. The van der Waals surface area contributed by atoms with E-state index < -0.39 is 5.41 Å². The molecule has 2 aliphatic heterocycles. The van der Waals surface area contributed by atoms with Crippen molar-refractivity contribution in [3.05, 3.63) is 34.9 Å². The summed E-state index contributed by atoms with van der Waals surface area (Å²) in [6.07, 6.45) is 4.76. The summed E-state index contributed by atoms with van der Waals surface area (Å²) in [5, 5.41) is 0.698. The van der Waals surface area contributed by atoms with Crippen LogP contribution < -0.4 is 0 Å². The largest absolute Gasteiger partial charge is 0.340 e. The summed E-state index contributed by atoms with van der Waals surface area (Å²) in [5.74, 6) is -0.0610. The third-order valence-corrected chi connectivity index (χ3v) is 10.4. The molecule has 222 valence electrons. The first kappa shape index (κ1) is 31.0. The minimum absolute atomic E-state index is 0.0382. The fourth-order valence-corrected chi connectivity index (χ4v) is 6.94. The van der Waals surface area contributed by atoms with Crippen molar-refractivity contribution in [3.8, 4) is 0 Å². The molecule has 0 bridgehead atoms. The van der Waals surface area contributed by atoms with Crippen molar-refractivity contribution in [2.45, 2.75) is 111 Å². The van der Waals surface area contributed by atoms with Gasteiger partial charge in [0.15, 0.2) is 0 Å². The van der Waals surface area contributed by atoms with E-state index in [1.54, 1.807) is 13.8 Å². The predicted octanol–water partition coefficient (Wildman–Crippen LogP) is 6.17. The number of rotatable bonds is 6. The number of Topliss-reactive ketones (excluding diaryl/α,β-unsaturated/α-hetero) is 1. The maximum absolute atomic E-state index is 14.2. The Morgan fingerprint density at radius 1 is 0.900 bits per heavy atom. The van der Waals surface area contributed by atoms with Gasteiger partial charge in [0.25, 0.3) is 0 Å². The second kappa shape index (κ2) is 11.4. The molecule has 1 aromatic carbocycles. The van der Waals surface area contributed by atoms with Crippen molar-refractivity contribution < 1.29 is 14.4 Å². The normalized spacial score (nSPS) is 26.2. The lowest BCUT2D eigenvalue weighted by atomic mass is 9.74. The lowest BCUT2D eigenvalue weighted by Crippen LogP contribution is -2.55. The highest BCUT2D eigenvalue weighted by Gasteiger charge is 2.48. The van der Waals surface area contributed by atoms with E-state index >= 15 is 0 Å². The lowest BCUT2D eigenvalue weighted by Gasteiger charge is -2.45. The summed E-state index contributed by atoms with van der Waals surface area (Å²) in [6.45, 7) is 19.0. The fraction of sp³-hybridized carbons (Fsp3) is 0.727. The van der Waals surface area contributed by atoms with Crippen LogP contribution in [0.2, 0.25) is 5.02 Å². The average molecular weight is 572 g/mol. The Hall–Kier alpha value is -1.92. The zero-order valence-electron chi connectivity index (χ0n) is 25.9. The van der Waals surface area contributed by atoms with Crippen molar-refractivity contribution in [2.24, 2.45) is 16.7 Å². The van der Waals surface area contributed by atoms with E-state index in [0.717, 1.165) is 44.2 Å². The van der Waals surface area contributed by atoms with E-state index in [4.69, 9.17) is 11.6 Å². The van der Waals surface area contributed by atoms with E-state index in [0.29, 0.717) is 24.7 Å². The van der Waals surface area contributed by atoms with Crippen LogP contribution in [0.3, 0.4) is 0 Å². The number of likely N-dealkylation sites (tertiary alicyclic amines) is 2. The monoisotopic (exact) mass is 571 g/mol. The zero-order chi connectivity index (χ0) is 29.6. The van der Waals surface area contributed by atoms with Gasteiger partial charge < -0.3 is 9.80 Å². The molecule has 3 atom stereocenters. The third kappa shape index (κ3) is 6.43. The first-order valence-electron chi connectivity index (χ1n) is 15.1. The zero-order valence-corrected chi connectivity index (χ0v) is 26.7. The molecule has 3 aliphatic rings. The Morgan fingerprint density at radius 3 is 2.05 bits per heavy atom. The highest BCUT2D eigenvalue weighted by molar-refractivity contribution is 6.30. The van der Waals surface area contributed by atoms with E-state index in [1.165, 1.54) is 6.92 Å². The van der Waals surface area contributed by atoms with Crippen LogP contribution in [-0.2, 0) is 14.4 Å². The molecule has 3 fully saturated rings. The minimum atomic E-state index is -1.07. The highest BCUT2D eigenvalue weighted by atomic mass is 35.5. The SMILES string of the molecule is CC(=O)C(C)(C)C(=O)N(C1CCC(C)(C)CC1)C1CCN(C(=O)[C@@H]2CN(C(C)(C)C)C[C@H]2c2ccc(Cl)cc2)C1. The van der Waals surface area contributed by atoms with Crippen molar-refractivity contribution in [1.29, 1.82) is 0 Å². The molecule has 6 nitrogen and oxygen atoms in total. The smallest absolute Gasteiger partial charge is 0.236 e. The number of carbonyl (C=O) groups is 3. The van der Waals surface area contributed by atoms with Gasteiger partial charge in [-0.25, -0.2) is 0 Å². The highest BCUT2D eigenvalue weighted by Crippen LogP contribution is 2.41. The summed E-state index contributed by atoms with van der Waals surface area (Å²) >= 11 is 6.19. The van der Waals surface area contributed by atoms with Crippen LogP contribution in [0.1, 0.15) is 99.0 Å². The van der Waals surface area contributed by atoms with Gasteiger partial charge in [-0.05, 0) is 96.8 Å². The maximum atomic E-state index is 14.2. The summed E-state index contributed by atoms with van der Waals surface area (Å²) in [5.41, 5.74) is 0.318. The molecule has 1 saturated carbocycles. The molecular formula is C33H50ClN3O3. The molecule has 40 heavy (non-hydrogen) atoms. The quantitative estimate of drug-likeness (QED) is 0.383. The lowest BCUT2D eigenvalue weighted by molar-refractivity contribution is -0.152. The molecule has 2 saturated heterocycles. The van der Waals surface area contributed by atoms with Crippen molar-refractivity contribution in [1.82, 2.24) is 14.7 Å². The van der Waals surface area contributed by atoms with Gasteiger partial charge in [0, 0.05) is 48.7 Å². The molecule has 0 radical (unpaired) electrons. The van der Waals surface area contributed by atoms with Gasteiger partial charge in [0.2, 0.25) is 11.8 Å². The maximum Gasteiger partial charge on any atom is 0.236 e. The van der Waals surface area contributed by atoms with Crippen molar-refractivity contribution in [2.75, 3.05) is 26.2 Å². The molecule has 4 rings (SSSR count). The first-order valence-corrected chi connectivity index (χ1v) is 15.5. The van der Waals surface area contributed by atoms with Gasteiger partial charge in [0.05, 0.1) is 12.0 Å². The fourth-order valence-electron chi connectivity index (χ4n) is 6.82. The number of ketones is 1. The van der Waals surface area contributed by atoms with Crippen LogP contribution in [-0.4, -0.2) is 76.1 Å². The van der Waals surface area contributed by atoms with Crippen molar-refractivity contribution in [3.63, 3.8) is 0 Å². The Labute approximate surface area is 246 Å². The van der Waals surface area contributed by atoms with Gasteiger partial charge in [-0.1, -0.05) is 37.6 Å². The van der Waals surface area contributed by atoms with E-state index in [1.807, 2.05) is 21.9 Å². The molecule has 1 unspecified atom stereocenters. The third-order valence-electron chi connectivity index (χ3n) is 10.1. The average Bonchev–Trinajstić information content (AvgIpc) is 3.53. The second-order valence-corrected chi connectivity index (χ2v) is 15.3. The van der Waals surface area contributed by atoms with Gasteiger partial charge in [0.1, 0.15) is 11.2 Å². The van der Waals surface area contributed by atoms with E-state index in [9.17, 15) is 14.4 Å². The number of carbonyl (C=O) groups excluding carboxylic acids is 3. The summed E-state index contributed by atoms with van der Waals surface area (Å²) in [4.78, 5) is 47.2.